The van der Waals surface area contributed by atoms with Crippen LogP contribution in [0.2, 0.25) is 5.02 Å². The Kier molecular flexibility index (Phi) is 5.00. The number of likely N-dealkylation sites (tertiary alicyclic amines) is 1. The Labute approximate surface area is 160 Å². The largest absolute Gasteiger partial charge is 0.363 e. The first-order valence-electron chi connectivity index (χ1n) is 8.72. The molecule has 140 valence electrons. The van der Waals surface area contributed by atoms with E-state index >= 15 is 0 Å². The number of H-pyrrole nitrogens is 1. The predicted molar refractivity (Wildman–Crippen MR) is 101 cm³/mol. The number of hydrogen-bond donors (Lipinski definition) is 2. The van der Waals surface area contributed by atoms with E-state index in [9.17, 15) is 9.18 Å². The number of aromatic amines is 1. The summed E-state index contributed by atoms with van der Waals surface area (Å²) >= 11 is 6.04. The number of pyridine rings is 1. The lowest BCUT2D eigenvalue weighted by Gasteiger charge is -2.32. The fourth-order valence-electron chi connectivity index (χ4n) is 3.40. The van der Waals surface area contributed by atoms with Crippen LogP contribution in [0.4, 0.5) is 10.2 Å². The quantitative estimate of drug-likeness (QED) is 0.653. The maximum Gasteiger partial charge on any atom is 0.183 e. The van der Waals surface area contributed by atoms with Gasteiger partial charge >= 0.3 is 0 Å². The number of fused-ring (bicyclic) bond motifs is 1. The van der Waals surface area contributed by atoms with Crippen LogP contribution in [0.1, 0.15) is 12.8 Å². The molecular formula is C18H18ClFN6O. The third kappa shape index (κ3) is 3.77. The lowest BCUT2D eigenvalue weighted by molar-refractivity contribution is -0.109. The van der Waals surface area contributed by atoms with Crippen LogP contribution >= 0.6 is 11.6 Å². The highest BCUT2D eigenvalue weighted by Gasteiger charge is 2.21. The van der Waals surface area contributed by atoms with Gasteiger partial charge in [0.05, 0.1) is 17.8 Å². The van der Waals surface area contributed by atoms with Crippen molar-refractivity contribution in [3.63, 3.8) is 0 Å². The fourth-order valence-corrected chi connectivity index (χ4v) is 3.56. The molecule has 1 aliphatic rings. The van der Waals surface area contributed by atoms with Crippen LogP contribution in [0.25, 0.3) is 22.4 Å². The van der Waals surface area contributed by atoms with Crippen molar-refractivity contribution >= 4 is 34.7 Å². The van der Waals surface area contributed by atoms with E-state index < -0.39 is 5.82 Å². The zero-order valence-corrected chi connectivity index (χ0v) is 15.2. The van der Waals surface area contributed by atoms with E-state index in [1.54, 1.807) is 18.5 Å². The van der Waals surface area contributed by atoms with E-state index in [0.29, 0.717) is 35.1 Å². The second-order valence-electron chi connectivity index (χ2n) is 6.55. The van der Waals surface area contributed by atoms with Gasteiger partial charge in [-0.05, 0) is 25.5 Å². The number of carbonyl (C=O) groups is 1. The summed E-state index contributed by atoms with van der Waals surface area (Å²) < 4.78 is 14.3. The van der Waals surface area contributed by atoms with Crippen molar-refractivity contribution in [2.75, 3.05) is 25.0 Å². The highest BCUT2D eigenvalue weighted by Crippen LogP contribution is 2.28. The van der Waals surface area contributed by atoms with Gasteiger partial charge in [-0.25, -0.2) is 19.3 Å². The lowest BCUT2D eigenvalue weighted by atomic mass is 10.1. The summed E-state index contributed by atoms with van der Waals surface area (Å²) in [4.78, 5) is 28.6. The predicted octanol–water partition coefficient (Wildman–Crippen LogP) is 2.89. The van der Waals surface area contributed by atoms with Gasteiger partial charge in [-0.1, -0.05) is 11.6 Å². The maximum absolute atomic E-state index is 14.3. The highest BCUT2D eigenvalue weighted by molar-refractivity contribution is 6.31. The number of carbonyl (C=O) groups excluding carboxylic acids is 1. The van der Waals surface area contributed by atoms with Crippen molar-refractivity contribution in [3.05, 3.63) is 35.5 Å². The molecule has 3 aromatic heterocycles. The first-order chi connectivity index (χ1) is 13.1. The van der Waals surface area contributed by atoms with Crippen LogP contribution in [0.3, 0.4) is 0 Å². The summed E-state index contributed by atoms with van der Waals surface area (Å²) in [6.45, 7) is 1.93. The van der Waals surface area contributed by atoms with Crippen molar-refractivity contribution in [1.82, 2.24) is 24.8 Å². The molecule has 2 N–H and O–H groups in total. The summed E-state index contributed by atoms with van der Waals surface area (Å²) in [5.41, 5.74) is 1.36. The van der Waals surface area contributed by atoms with Gasteiger partial charge in [0.2, 0.25) is 0 Å². The molecule has 4 rings (SSSR count). The van der Waals surface area contributed by atoms with Gasteiger partial charge in [-0.15, -0.1) is 0 Å². The number of anilines is 1. The van der Waals surface area contributed by atoms with E-state index in [-0.39, 0.29) is 11.9 Å². The molecular weight excluding hydrogens is 371 g/mol. The second kappa shape index (κ2) is 7.58. The molecule has 1 fully saturated rings. The zero-order chi connectivity index (χ0) is 18.8. The fraction of sp³-hybridized carbons (Fsp3) is 0.333. The number of nitrogens with zero attached hydrogens (tertiary/aromatic N) is 4. The van der Waals surface area contributed by atoms with Gasteiger partial charge in [-0.2, -0.15) is 0 Å². The Bertz CT molecular complexity index is 978. The smallest absolute Gasteiger partial charge is 0.183 e. The Morgan fingerprint density at radius 1 is 1.41 bits per heavy atom. The number of nitrogens with one attached hydrogen (secondary N) is 2. The molecule has 3 aromatic rings. The lowest BCUT2D eigenvalue weighted by Crippen LogP contribution is -2.43. The Morgan fingerprint density at radius 3 is 3.15 bits per heavy atom. The van der Waals surface area contributed by atoms with Crippen molar-refractivity contribution in [2.45, 2.75) is 18.9 Å². The Hall–Kier alpha value is -2.58. The normalized spacial score (nSPS) is 17.9. The van der Waals surface area contributed by atoms with Gasteiger partial charge in [0.15, 0.2) is 17.5 Å². The molecule has 1 atom stereocenters. The number of aldehydes is 1. The minimum atomic E-state index is -0.512. The van der Waals surface area contributed by atoms with Crippen molar-refractivity contribution < 1.29 is 9.18 Å². The highest BCUT2D eigenvalue weighted by atomic mass is 35.5. The van der Waals surface area contributed by atoms with Crippen molar-refractivity contribution in [2.24, 2.45) is 0 Å². The SMILES string of the molecule is O=CCN1CCCC(Nc2nc(-c3c[nH]c4ncc(Cl)cc34)ncc2F)C1. The second-order valence-corrected chi connectivity index (χ2v) is 6.99. The van der Waals surface area contributed by atoms with Crippen molar-refractivity contribution in [3.8, 4) is 11.4 Å². The monoisotopic (exact) mass is 388 g/mol. The molecule has 0 bridgehead atoms. The van der Waals surface area contributed by atoms with E-state index in [4.69, 9.17) is 11.6 Å². The van der Waals surface area contributed by atoms with E-state index in [0.717, 1.165) is 37.3 Å². The van der Waals surface area contributed by atoms with Gasteiger partial charge in [0, 0.05) is 35.9 Å². The standard InChI is InChI=1S/C18H18ClFN6O/c19-11-6-13-14(8-22-16(13)21-7-11)17-23-9-15(20)18(25-17)24-12-2-1-3-26(10-12)4-5-27/h5-9,12H,1-4,10H2,(H,21,22)(H,23,24,25). The summed E-state index contributed by atoms with van der Waals surface area (Å²) in [6, 6.07) is 1.79. The minimum Gasteiger partial charge on any atom is -0.363 e. The van der Waals surface area contributed by atoms with Crippen LogP contribution in [-0.2, 0) is 4.79 Å². The summed E-state index contributed by atoms with van der Waals surface area (Å²) in [6.07, 6.45) is 7.17. The first kappa shape index (κ1) is 17.8. The molecule has 9 heteroatoms. The van der Waals surface area contributed by atoms with Gasteiger partial charge < -0.3 is 15.1 Å². The number of halogens is 2. The van der Waals surface area contributed by atoms with Crippen LogP contribution in [-0.4, -0.2) is 56.8 Å². The summed E-state index contributed by atoms with van der Waals surface area (Å²) in [5.74, 6) is 0.0272. The van der Waals surface area contributed by atoms with E-state index in [2.05, 4.69) is 25.3 Å². The molecule has 4 heterocycles. The summed E-state index contributed by atoms with van der Waals surface area (Å²) in [5, 5.41) is 4.44. The molecule has 0 amide bonds. The number of piperidine rings is 1. The topological polar surface area (TPSA) is 86.8 Å². The Balaban J connectivity index is 1.61. The molecule has 1 unspecified atom stereocenters. The Morgan fingerprint density at radius 2 is 2.30 bits per heavy atom. The molecule has 1 aliphatic heterocycles. The minimum absolute atomic E-state index is 0.0232. The average molecular weight is 389 g/mol. The third-order valence-electron chi connectivity index (χ3n) is 4.66. The number of rotatable bonds is 5. The summed E-state index contributed by atoms with van der Waals surface area (Å²) in [7, 11) is 0. The third-order valence-corrected chi connectivity index (χ3v) is 4.87. The molecule has 0 saturated carbocycles. The average Bonchev–Trinajstić information content (AvgIpc) is 3.07. The molecule has 1 saturated heterocycles. The van der Waals surface area contributed by atoms with E-state index in [1.807, 2.05) is 4.90 Å². The number of aromatic nitrogens is 4. The molecule has 0 aliphatic carbocycles. The maximum atomic E-state index is 14.3. The number of hydrogen-bond acceptors (Lipinski definition) is 6. The van der Waals surface area contributed by atoms with Gasteiger partial charge in [0.1, 0.15) is 11.9 Å². The molecule has 27 heavy (non-hydrogen) atoms. The molecule has 0 radical (unpaired) electrons. The molecule has 0 aromatic carbocycles. The van der Waals surface area contributed by atoms with E-state index in [1.165, 1.54) is 0 Å². The van der Waals surface area contributed by atoms with Crippen LogP contribution < -0.4 is 5.32 Å². The van der Waals surface area contributed by atoms with Crippen LogP contribution in [0.15, 0.2) is 24.7 Å². The van der Waals surface area contributed by atoms with Gasteiger partial charge in [-0.3, -0.25) is 4.90 Å². The first-order valence-corrected chi connectivity index (χ1v) is 9.10. The molecule has 0 spiro atoms. The zero-order valence-electron chi connectivity index (χ0n) is 14.5. The van der Waals surface area contributed by atoms with Crippen LogP contribution in [0, 0.1) is 5.82 Å². The van der Waals surface area contributed by atoms with Crippen molar-refractivity contribution in [1.29, 1.82) is 0 Å². The van der Waals surface area contributed by atoms with Crippen LogP contribution in [0.5, 0.6) is 0 Å². The molecule has 7 nitrogen and oxygen atoms in total. The van der Waals surface area contributed by atoms with Gasteiger partial charge in [0.25, 0.3) is 0 Å².